The molecule has 2 rings (SSSR count). The maximum atomic E-state index is 13.5. The fourth-order valence-corrected chi connectivity index (χ4v) is 2.05. The monoisotopic (exact) mass is 313 g/mol. The molecule has 86 valence electrons. The van der Waals surface area contributed by atoms with Gasteiger partial charge in [0.2, 0.25) is 4.73 Å². The molecular formula is C10H5BrFN3OS. The first-order valence-electron chi connectivity index (χ1n) is 4.49. The third-order valence-electron chi connectivity index (χ3n) is 1.92. The second kappa shape index (κ2) is 5.21. The predicted molar refractivity (Wildman–Crippen MR) is 63.1 cm³/mol. The molecule has 2 aromatic rings. The standard InChI is InChI=1S/C10H5BrFN3OS/c11-9-14-10(17-15-9)16-5-7-2-1-6(4-13)3-8(7)12/h1-3H,5H2. The van der Waals surface area contributed by atoms with Gasteiger partial charge in [-0.05, 0) is 28.1 Å². The van der Waals surface area contributed by atoms with Gasteiger partial charge in [-0.1, -0.05) is 6.07 Å². The molecule has 1 aromatic carbocycles. The Morgan fingerprint density at radius 2 is 2.35 bits per heavy atom. The third kappa shape index (κ3) is 2.99. The van der Waals surface area contributed by atoms with Crippen LogP contribution in [0.15, 0.2) is 22.9 Å². The molecule has 0 saturated carbocycles. The summed E-state index contributed by atoms with van der Waals surface area (Å²) in [5, 5.41) is 8.96. The molecule has 17 heavy (non-hydrogen) atoms. The number of halogens is 2. The van der Waals surface area contributed by atoms with Crippen molar-refractivity contribution in [3.05, 3.63) is 39.9 Å². The average Bonchev–Trinajstić information content (AvgIpc) is 2.73. The topological polar surface area (TPSA) is 58.8 Å². The van der Waals surface area contributed by atoms with E-state index in [9.17, 15) is 4.39 Å². The Hall–Kier alpha value is -1.52. The number of hydrogen-bond acceptors (Lipinski definition) is 5. The van der Waals surface area contributed by atoms with Gasteiger partial charge < -0.3 is 4.74 Å². The molecule has 0 amide bonds. The lowest BCUT2D eigenvalue weighted by molar-refractivity contribution is 0.298. The van der Waals surface area contributed by atoms with Crippen LogP contribution in [0.2, 0.25) is 0 Å². The number of nitriles is 1. The number of hydrogen-bond donors (Lipinski definition) is 0. The second-order valence-corrected chi connectivity index (χ2v) is 4.46. The molecule has 1 heterocycles. The van der Waals surface area contributed by atoms with Crippen LogP contribution in [0.4, 0.5) is 4.39 Å². The van der Waals surface area contributed by atoms with Crippen molar-refractivity contribution in [1.29, 1.82) is 5.26 Å². The van der Waals surface area contributed by atoms with Gasteiger partial charge in [0.25, 0.3) is 5.19 Å². The van der Waals surface area contributed by atoms with E-state index < -0.39 is 5.82 Å². The molecule has 0 aliphatic carbocycles. The summed E-state index contributed by atoms with van der Waals surface area (Å²) in [6.07, 6.45) is 0. The van der Waals surface area contributed by atoms with Crippen molar-refractivity contribution in [3.8, 4) is 11.3 Å². The fraction of sp³-hybridized carbons (Fsp3) is 0.100. The van der Waals surface area contributed by atoms with E-state index >= 15 is 0 Å². The number of benzene rings is 1. The first-order chi connectivity index (χ1) is 8.19. The molecule has 4 nitrogen and oxygen atoms in total. The highest BCUT2D eigenvalue weighted by molar-refractivity contribution is 9.10. The molecule has 0 unspecified atom stereocenters. The van der Waals surface area contributed by atoms with Crippen molar-refractivity contribution in [1.82, 2.24) is 9.36 Å². The number of ether oxygens (including phenoxy) is 1. The van der Waals surface area contributed by atoms with Gasteiger partial charge in [0.1, 0.15) is 12.4 Å². The Kier molecular flexibility index (Phi) is 3.66. The summed E-state index contributed by atoms with van der Waals surface area (Å²) in [4.78, 5) is 3.92. The van der Waals surface area contributed by atoms with Crippen LogP contribution in [-0.2, 0) is 6.61 Å². The lowest BCUT2D eigenvalue weighted by Crippen LogP contribution is -1.98. The second-order valence-electron chi connectivity index (χ2n) is 3.04. The summed E-state index contributed by atoms with van der Waals surface area (Å²) >= 11 is 4.17. The zero-order valence-corrected chi connectivity index (χ0v) is 10.8. The van der Waals surface area contributed by atoms with Crippen LogP contribution in [0.1, 0.15) is 11.1 Å². The molecule has 0 bridgehead atoms. The Balaban J connectivity index is 2.07. The minimum Gasteiger partial charge on any atom is -0.464 e. The highest BCUT2D eigenvalue weighted by atomic mass is 79.9. The molecule has 0 atom stereocenters. The van der Waals surface area contributed by atoms with Crippen molar-refractivity contribution in [2.75, 3.05) is 0 Å². The number of nitrogens with zero attached hydrogens (tertiary/aromatic N) is 3. The van der Waals surface area contributed by atoms with Crippen molar-refractivity contribution < 1.29 is 9.13 Å². The van der Waals surface area contributed by atoms with Crippen molar-refractivity contribution in [2.45, 2.75) is 6.61 Å². The van der Waals surface area contributed by atoms with E-state index in [4.69, 9.17) is 10.00 Å². The molecule has 0 saturated heterocycles. The summed E-state index contributed by atoms with van der Waals surface area (Å²) in [5.74, 6) is -0.465. The van der Waals surface area contributed by atoms with Gasteiger partial charge in [0.15, 0.2) is 0 Å². The molecule has 0 fully saturated rings. The maximum Gasteiger partial charge on any atom is 0.294 e. The van der Waals surface area contributed by atoms with Gasteiger partial charge in [0, 0.05) is 17.1 Å². The van der Waals surface area contributed by atoms with Gasteiger partial charge in [-0.3, -0.25) is 0 Å². The molecule has 1 aromatic heterocycles. The zero-order valence-electron chi connectivity index (χ0n) is 8.35. The quantitative estimate of drug-likeness (QED) is 0.874. The van der Waals surface area contributed by atoms with E-state index in [1.807, 2.05) is 6.07 Å². The Labute approximate surface area is 109 Å². The normalized spacial score (nSPS) is 9.94. The Morgan fingerprint density at radius 1 is 1.53 bits per heavy atom. The van der Waals surface area contributed by atoms with E-state index in [-0.39, 0.29) is 12.2 Å². The van der Waals surface area contributed by atoms with Gasteiger partial charge in [-0.15, -0.1) is 0 Å². The van der Waals surface area contributed by atoms with Crippen molar-refractivity contribution in [2.24, 2.45) is 0 Å². The van der Waals surface area contributed by atoms with E-state index in [0.717, 1.165) is 11.5 Å². The summed E-state index contributed by atoms with van der Waals surface area (Å²) in [6.45, 7) is 0.0547. The van der Waals surface area contributed by atoms with Gasteiger partial charge in [-0.2, -0.15) is 14.6 Å². The molecule has 0 aliphatic heterocycles. The largest absolute Gasteiger partial charge is 0.464 e. The van der Waals surface area contributed by atoms with Crippen LogP contribution < -0.4 is 4.74 Å². The van der Waals surface area contributed by atoms with E-state index in [1.54, 1.807) is 0 Å². The van der Waals surface area contributed by atoms with Crippen molar-refractivity contribution >= 4 is 27.5 Å². The van der Waals surface area contributed by atoms with Crippen LogP contribution >= 0.6 is 27.5 Å². The maximum absolute atomic E-state index is 13.5. The number of aromatic nitrogens is 2. The highest BCUT2D eigenvalue weighted by Gasteiger charge is 2.07. The Bertz CT molecular complexity index is 581. The molecule has 7 heteroatoms. The molecule has 0 radical (unpaired) electrons. The van der Waals surface area contributed by atoms with E-state index in [0.29, 0.717) is 15.5 Å². The summed E-state index contributed by atoms with van der Waals surface area (Å²) in [6, 6.07) is 6.10. The van der Waals surface area contributed by atoms with Crippen LogP contribution in [-0.4, -0.2) is 9.36 Å². The predicted octanol–water partition coefficient (Wildman–Crippen LogP) is 2.89. The molecule has 0 spiro atoms. The van der Waals surface area contributed by atoms with Crippen LogP contribution in [0.25, 0.3) is 0 Å². The highest BCUT2D eigenvalue weighted by Crippen LogP contribution is 2.19. The average molecular weight is 314 g/mol. The summed E-state index contributed by atoms with van der Waals surface area (Å²) < 4.78 is 23.0. The van der Waals surface area contributed by atoms with Crippen LogP contribution in [0.5, 0.6) is 5.19 Å². The Morgan fingerprint density at radius 3 is 2.94 bits per heavy atom. The molecule has 0 aliphatic rings. The van der Waals surface area contributed by atoms with Crippen LogP contribution in [0.3, 0.4) is 0 Å². The summed E-state index contributed by atoms with van der Waals surface area (Å²) in [7, 11) is 0. The van der Waals surface area contributed by atoms with E-state index in [1.165, 1.54) is 18.2 Å². The summed E-state index contributed by atoms with van der Waals surface area (Å²) in [5.41, 5.74) is 0.653. The van der Waals surface area contributed by atoms with Crippen molar-refractivity contribution in [3.63, 3.8) is 0 Å². The van der Waals surface area contributed by atoms with Gasteiger partial charge >= 0.3 is 0 Å². The first-order valence-corrected chi connectivity index (χ1v) is 6.06. The van der Waals surface area contributed by atoms with Gasteiger partial charge in [0.05, 0.1) is 11.6 Å². The minimum absolute atomic E-state index is 0.0547. The third-order valence-corrected chi connectivity index (χ3v) is 3.13. The first kappa shape index (κ1) is 12.0. The fourth-order valence-electron chi connectivity index (χ4n) is 1.12. The lowest BCUT2D eigenvalue weighted by Gasteiger charge is -2.03. The minimum atomic E-state index is -0.465. The van der Waals surface area contributed by atoms with E-state index in [2.05, 4.69) is 25.3 Å². The molecular weight excluding hydrogens is 309 g/mol. The zero-order chi connectivity index (χ0) is 12.3. The lowest BCUT2D eigenvalue weighted by atomic mass is 10.1. The SMILES string of the molecule is N#Cc1ccc(COc2nc(Br)ns2)c(F)c1. The molecule has 0 N–H and O–H groups in total. The van der Waals surface area contributed by atoms with Crippen LogP contribution in [0, 0.1) is 17.1 Å². The van der Waals surface area contributed by atoms with Gasteiger partial charge in [-0.25, -0.2) is 4.39 Å². The smallest absolute Gasteiger partial charge is 0.294 e. The number of rotatable bonds is 3.